The fourth-order valence-corrected chi connectivity index (χ4v) is 3.95. The SMILES string of the molecule is N#Cc1cccc(-c2cccc(-c3nc(-c4ccccc4)cc(C4C=CC=CC4)n3)c2)c1. The molecule has 1 heterocycles. The molecule has 1 aromatic heterocycles. The van der Waals surface area contributed by atoms with Gasteiger partial charge in [-0.25, -0.2) is 9.97 Å². The summed E-state index contributed by atoms with van der Waals surface area (Å²) in [5.74, 6) is 0.947. The van der Waals surface area contributed by atoms with E-state index in [1.165, 1.54) is 0 Å². The standard InChI is InChI=1S/C29H21N3/c30-20-21-9-7-14-24(17-21)25-15-8-16-26(18-25)29-31-27(22-10-3-1-4-11-22)19-28(32-29)23-12-5-2-6-13-23/h1-12,14-19,23H,13H2. The summed E-state index contributed by atoms with van der Waals surface area (Å²) in [7, 11) is 0. The molecule has 5 rings (SSSR count). The van der Waals surface area contributed by atoms with Crippen molar-refractivity contribution in [1.82, 2.24) is 9.97 Å². The van der Waals surface area contributed by atoms with Crippen molar-refractivity contribution in [2.24, 2.45) is 0 Å². The van der Waals surface area contributed by atoms with Gasteiger partial charge in [0.2, 0.25) is 0 Å². The second kappa shape index (κ2) is 8.83. The summed E-state index contributed by atoms with van der Waals surface area (Å²) < 4.78 is 0. The molecule has 0 amide bonds. The van der Waals surface area contributed by atoms with E-state index < -0.39 is 0 Å². The smallest absolute Gasteiger partial charge is 0.160 e. The van der Waals surface area contributed by atoms with Crippen LogP contribution in [0.5, 0.6) is 0 Å². The lowest BCUT2D eigenvalue weighted by Crippen LogP contribution is -2.04. The topological polar surface area (TPSA) is 49.6 Å². The molecule has 1 aliphatic carbocycles. The number of allylic oxidation sites excluding steroid dienone is 4. The summed E-state index contributed by atoms with van der Waals surface area (Å²) in [5, 5.41) is 9.25. The number of aromatic nitrogens is 2. The van der Waals surface area contributed by atoms with E-state index >= 15 is 0 Å². The zero-order chi connectivity index (χ0) is 21.8. The quantitative estimate of drug-likeness (QED) is 0.365. The Bertz CT molecular complexity index is 1360. The number of hydrogen-bond donors (Lipinski definition) is 0. The summed E-state index contributed by atoms with van der Waals surface area (Å²) in [6.07, 6.45) is 9.47. The van der Waals surface area contributed by atoms with E-state index in [4.69, 9.17) is 9.97 Å². The number of benzene rings is 3. The first kappa shape index (κ1) is 19.7. The molecule has 0 radical (unpaired) electrons. The van der Waals surface area contributed by atoms with Crippen molar-refractivity contribution in [3.63, 3.8) is 0 Å². The fourth-order valence-electron chi connectivity index (χ4n) is 3.95. The third-order valence-corrected chi connectivity index (χ3v) is 5.62. The molecular weight excluding hydrogens is 390 g/mol. The van der Waals surface area contributed by atoms with Crippen molar-refractivity contribution in [2.45, 2.75) is 12.3 Å². The summed E-state index contributed by atoms with van der Waals surface area (Å²) >= 11 is 0. The van der Waals surface area contributed by atoms with E-state index in [0.717, 1.165) is 40.1 Å². The molecular formula is C29H21N3. The van der Waals surface area contributed by atoms with Crippen molar-refractivity contribution in [3.05, 3.63) is 120 Å². The average molecular weight is 412 g/mol. The molecule has 152 valence electrons. The van der Waals surface area contributed by atoms with Gasteiger partial charge < -0.3 is 0 Å². The van der Waals surface area contributed by atoms with Gasteiger partial charge in [-0.05, 0) is 41.8 Å². The van der Waals surface area contributed by atoms with Crippen LogP contribution in [0.3, 0.4) is 0 Å². The van der Waals surface area contributed by atoms with Crippen LogP contribution >= 0.6 is 0 Å². The maximum Gasteiger partial charge on any atom is 0.160 e. The Labute approximate surface area is 188 Å². The molecule has 1 aliphatic rings. The van der Waals surface area contributed by atoms with Crippen LogP contribution in [0.2, 0.25) is 0 Å². The molecule has 32 heavy (non-hydrogen) atoms. The normalized spacial score (nSPS) is 14.8. The zero-order valence-electron chi connectivity index (χ0n) is 17.5. The molecule has 0 saturated carbocycles. The molecule has 4 aromatic rings. The van der Waals surface area contributed by atoms with Crippen molar-refractivity contribution >= 4 is 0 Å². The fraction of sp³-hybridized carbons (Fsp3) is 0.0690. The highest BCUT2D eigenvalue weighted by molar-refractivity contribution is 5.72. The van der Waals surface area contributed by atoms with Gasteiger partial charge in [-0.1, -0.05) is 85.0 Å². The van der Waals surface area contributed by atoms with Crippen molar-refractivity contribution in [2.75, 3.05) is 0 Å². The molecule has 0 saturated heterocycles. The first-order valence-electron chi connectivity index (χ1n) is 10.7. The Kier molecular flexibility index (Phi) is 5.43. The van der Waals surface area contributed by atoms with Gasteiger partial charge in [0.25, 0.3) is 0 Å². The Morgan fingerprint density at radius 2 is 1.47 bits per heavy atom. The second-order valence-corrected chi connectivity index (χ2v) is 7.80. The maximum absolute atomic E-state index is 9.25. The highest BCUT2D eigenvalue weighted by Gasteiger charge is 2.15. The van der Waals surface area contributed by atoms with Crippen molar-refractivity contribution < 1.29 is 0 Å². The van der Waals surface area contributed by atoms with Crippen LogP contribution in [0.4, 0.5) is 0 Å². The van der Waals surface area contributed by atoms with Crippen LogP contribution in [-0.2, 0) is 0 Å². The molecule has 3 heteroatoms. The summed E-state index contributed by atoms with van der Waals surface area (Å²) in [6, 6.07) is 30.4. The third kappa shape index (κ3) is 4.12. The van der Waals surface area contributed by atoms with Gasteiger partial charge in [0, 0.05) is 17.0 Å². The van der Waals surface area contributed by atoms with Gasteiger partial charge in [0.1, 0.15) is 0 Å². The van der Waals surface area contributed by atoms with E-state index in [1.807, 2.05) is 54.6 Å². The number of rotatable bonds is 4. The summed E-state index contributed by atoms with van der Waals surface area (Å²) in [5.41, 5.74) is 6.66. The second-order valence-electron chi connectivity index (χ2n) is 7.80. The van der Waals surface area contributed by atoms with E-state index in [-0.39, 0.29) is 5.92 Å². The molecule has 3 aromatic carbocycles. The predicted octanol–water partition coefficient (Wildman–Crippen LogP) is 6.95. The lowest BCUT2D eigenvalue weighted by molar-refractivity contribution is 0.811. The summed E-state index contributed by atoms with van der Waals surface area (Å²) in [6.45, 7) is 0. The largest absolute Gasteiger partial charge is 0.232 e. The van der Waals surface area contributed by atoms with Gasteiger partial charge in [-0.3, -0.25) is 0 Å². The van der Waals surface area contributed by atoms with Crippen LogP contribution in [0.15, 0.2) is 109 Å². The molecule has 3 nitrogen and oxygen atoms in total. The molecule has 0 bridgehead atoms. The maximum atomic E-state index is 9.25. The lowest BCUT2D eigenvalue weighted by atomic mass is 9.95. The molecule has 1 atom stereocenters. The number of nitrogens with zero attached hydrogens (tertiary/aromatic N) is 3. The Hall–Kier alpha value is -4.29. The van der Waals surface area contributed by atoms with Crippen LogP contribution in [0, 0.1) is 11.3 Å². The minimum atomic E-state index is 0.236. The van der Waals surface area contributed by atoms with Crippen LogP contribution in [0.1, 0.15) is 23.6 Å². The highest BCUT2D eigenvalue weighted by Crippen LogP contribution is 2.31. The Balaban J connectivity index is 1.62. The van der Waals surface area contributed by atoms with Crippen molar-refractivity contribution in [1.29, 1.82) is 5.26 Å². The monoisotopic (exact) mass is 411 g/mol. The first-order valence-corrected chi connectivity index (χ1v) is 10.7. The molecule has 0 spiro atoms. The van der Waals surface area contributed by atoms with Gasteiger partial charge in [-0.2, -0.15) is 5.26 Å². The summed E-state index contributed by atoms with van der Waals surface area (Å²) in [4.78, 5) is 9.90. The average Bonchev–Trinajstić information content (AvgIpc) is 2.89. The van der Waals surface area contributed by atoms with E-state index in [9.17, 15) is 5.26 Å². The Morgan fingerprint density at radius 1 is 0.719 bits per heavy atom. The van der Waals surface area contributed by atoms with E-state index in [0.29, 0.717) is 11.4 Å². The van der Waals surface area contributed by atoms with Gasteiger partial charge in [0.15, 0.2) is 5.82 Å². The Morgan fingerprint density at radius 3 is 2.25 bits per heavy atom. The zero-order valence-corrected chi connectivity index (χ0v) is 17.5. The predicted molar refractivity (Wildman–Crippen MR) is 129 cm³/mol. The van der Waals surface area contributed by atoms with Crippen LogP contribution in [0.25, 0.3) is 33.8 Å². The van der Waals surface area contributed by atoms with Gasteiger partial charge in [0.05, 0.1) is 23.0 Å². The van der Waals surface area contributed by atoms with Crippen molar-refractivity contribution in [3.8, 4) is 39.8 Å². The molecule has 0 aliphatic heterocycles. The van der Waals surface area contributed by atoms with E-state index in [1.54, 1.807) is 0 Å². The van der Waals surface area contributed by atoms with Crippen LogP contribution in [-0.4, -0.2) is 9.97 Å². The molecule has 0 fully saturated rings. The molecule has 0 N–H and O–H groups in total. The first-order chi connectivity index (χ1) is 15.8. The minimum Gasteiger partial charge on any atom is -0.232 e. The van der Waals surface area contributed by atoms with Gasteiger partial charge >= 0.3 is 0 Å². The minimum absolute atomic E-state index is 0.236. The molecule has 1 unspecified atom stereocenters. The van der Waals surface area contributed by atoms with Crippen LogP contribution < -0.4 is 0 Å². The third-order valence-electron chi connectivity index (χ3n) is 5.62. The number of nitriles is 1. The van der Waals surface area contributed by atoms with E-state index in [2.05, 4.69) is 60.7 Å². The highest BCUT2D eigenvalue weighted by atomic mass is 14.9. The van der Waals surface area contributed by atoms with Gasteiger partial charge in [-0.15, -0.1) is 0 Å². The lowest BCUT2D eigenvalue weighted by Gasteiger charge is -2.15. The number of hydrogen-bond acceptors (Lipinski definition) is 3.